The first-order chi connectivity index (χ1) is 9.24. The molecule has 2 aliphatic rings. The van der Waals surface area contributed by atoms with Crippen LogP contribution in [0.4, 0.5) is 0 Å². The molecule has 2 aliphatic heterocycles. The predicted molar refractivity (Wildman–Crippen MR) is 75.1 cm³/mol. The maximum absolute atomic E-state index is 12.1. The fourth-order valence-electron chi connectivity index (χ4n) is 2.81. The lowest BCUT2D eigenvalue weighted by Crippen LogP contribution is -2.36. The van der Waals surface area contributed by atoms with E-state index in [1.807, 2.05) is 4.90 Å². The van der Waals surface area contributed by atoms with E-state index in [1.54, 1.807) is 11.3 Å². The van der Waals surface area contributed by atoms with Gasteiger partial charge in [0.15, 0.2) is 0 Å². The molecule has 1 atom stereocenters. The summed E-state index contributed by atoms with van der Waals surface area (Å²) in [6, 6.07) is 4.25. The summed E-state index contributed by atoms with van der Waals surface area (Å²) in [4.78, 5) is 16.6. The summed E-state index contributed by atoms with van der Waals surface area (Å²) in [5.41, 5.74) is 0. The SMILES string of the molecule is Cc1ccc(C2NCC(=O)N2CC2CCOCC2)s1. The predicted octanol–water partition coefficient (Wildman–Crippen LogP) is 1.91. The molecule has 0 aliphatic carbocycles. The van der Waals surface area contributed by atoms with E-state index >= 15 is 0 Å². The highest BCUT2D eigenvalue weighted by Crippen LogP contribution is 2.30. The molecule has 3 heterocycles. The van der Waals surface area contributed by atoms with Crippen LogP contribution < -0.4 is 5.32 Å². The molecule has 0 bridgehead atoms. The molecule has 104 valence electrons. The van der Waals surface area contributed by atoms with Gasteiger partial charge in [0.05, 0.1) is 6.54 Å². The van der Waals surface area contributed by atoms with Crippen LogP contribution in [0.15, 0.2) is 12.1 Å². The van der Waals surface area contributed by atoms with Gasteiger partial charge in [-0.25, -0.2) is 0 Å². The van der Waals surface area contributed by atoms with Crippen LogP contribution in [0, 0.1) is 12.8 Å². The van der Waals surface area contributed by atoms with Gasteiger partial charge in [-0.15, -0.1) is 11.3 Å². The van der Waals surface area contributed by atoms with E-state index in [9.17, 15) is 4.79 Å². The van der Waals surface area contributed by atoms with Crippen molar-refractivity contribution < 1.29 is 9.53 Å². The molecule has 19 heavy (non-hydrogen) atoms. The second-order valence-corrected chi connectivity index (χ2v) is 6.65. The molecule has 0 aromatic carbocycles. The molecule has 0 spiro atoms. The molecule has 0 saturated carbocycles. The Morgan fingerprint density at radius 1 is 1.42 bits per heavy atom. The Kier molecular flexibility index (Phi) is 3.86. The van der Waals surface area contributed by atoms with E-state index in [2.05, 4.69) is 24.4 Å². The van der Waals surface area contributed by atoms with E-state index in [0.717, 1.165) is 32.6 Å². The summed E-state index contributed by atoms with van der Waals surface area (Å²) in [5, 5.41) is 3.33. The van der Waals surface area contributed by atoms with Gasteiger partial charge in [-0.3, -0.25) is 10.1 Å². The summed E-state index contributed by atoms with van der Waals surface area (Å²) in [5.74, 6) is 0.809. The topological polar surface area (TPSA) is 41.6 Å². The van der Waals surface area contributed by atoms with Crippen molar-refractivity contribution in [3.05, 3.63) is 21.9 Å². The lowest BCUT2D eigenvalue weighted by atomic mass is 9.99. The molecule has 5 heteroatoms. The first kappa shape index (κ1) is 13.1. The number of ether oxygens (including phenoxy) is 1. The van der Waals surface area contributed by atoms with E-state index in [-0.39, 0.29) is 12.1 Å². The number of hydrogen-bond donors (Lipinski definition) is 1. The molecule has 1 N–H and O–H groups in total. The molecule has 2 fully saturated rings. The fourth-order valence-corrected chi connectivity index (χ4v) is 3.77. The number of nitrogens with one attached hydrogen (secondary N) is 1. The average molecular weight is 280 g/mol. The minimum Gasteiger partial charge on any atom is -0.381 e. The lowest BCUT2D eigenvalue weighted by Gasteiger charge is -2.30. The van der Waals surface area contributed by atoms with Gasteiger partial charge in [0.1, 0.15) is 6.17 Å². The third kappa shape index (κ3) is 2.83. The second-order valence-electron chi connectivity index (χ2n) is 5.33. The number of rotatable bonds is 3. The summed E-state index contributed by atoms with van der Waals surface area (Å²) in [6.45, 7) is 5.10. The van der Waals surface area contributed by atoms with Crippen molar-refractivity contribution >= 4 is 17.2 Å². The Morgan fingerprint density at radius 3 is 2.89 bits per heavy atom. The number of aryl methyl sites for hydroxylation is 1. The van der Waals surface area contributed by atoms with Crippen LogP contribution in [0.2, 0.25) is 0 Å². The monoisotopic (exact) mass is 280 g/mol. The van der Waals surface area contributed by atoms with E-state index in [1.165, 1.54) is 9.75 Å². The van der Waals surface area contributed by atoms with Crippen molar-refractivity contribution in [2.45, 2.75) is 25.9 Å². The highest BCUT2D eigenvalue weighted by molar-refractivity contribution is 7.12. The van der Waals surface area contributed by atoms with Gasteiger partial charge in [0.25, 0.3) is 0 Å². The molecule has 4 nitrogen and oxygen atoms in total. The zero-order chi connectivity index (χ0) is 13.2. The van der Waals surface area contributed by atoms with Gasteiger partial charge < -0.3 is 9.64 Å². The van der Waals surface area contributed by atoms with Gasteiger partial charge in [-0.1, -0.05) is 0 Å². The van der Waals surface area contributed by atoms with Crippen molar-refractivity contribution in [3.8, 4) is 0 Å². The molecular formula is C14H20N2O2S. The van der Waals surface area contributed by atoms with Crippen LogP contribution in [0.25, 0.3) is 0 Å². The number of carbonyl (C=O) groups is 1. The maximum Gasteiger partial charge on any atom is 0.238 e. The van der Waals surface area contributed by atoms with Gasteiger partial charge in [-0.05, 0) is 37.8 Å². The number of carbonyl (C=O) groups excluding carboxylic acids is 1. The van der Waals surface area contributed by atoms with Crippen molar-refractivity contribution in [1.82, 2.24) is 10.2 Å². The molecule has 2 saturated heterocycles. The van der Waals surface area contributed by atoms with Crippen molar-refractivity contribution in [2.75, 3.05) is 26.3 Å². The summed E-state index contributed by atoms with van der Waals surface area (Å²) < 4.78 is 5.39. The van der Waals surface area contributed by atoms with Crippen molar-refractivity contribution in [1.29, 1.82) is 0 Å². The Labute approximate surface area is 117 Å². The standard InChI is InChI=1S/C14H20N2O2S/c1-10-2-3-12(19-10)14-15-8-13(17)16(14)9-11-4-6-18-7-5-11/h2-3,11,14-15H,4-9H2,1H3. The Morgan fingerprint density at radius 2 is 2.21 bits per heavy atom. The van der Waals surface area contributed by atoms with Crippen molar-refractivity contribution in [2.24, 2.45) is 5.92 Å². The summed E-state index contributed by atoms with van der Waals surface area (Å²) in [7, 11) is 0. The molecule has 1 unspecified atom stereocenters. The quantitative estimate of drug-likeness (QED) is 0.919. The highest BCUT2D eigenvalue weighted by atomic mass is 32.1. The molecule has 1 amide bonds. The largest absolute Gasteiger partial charge is 0.381 e. The maximum atomic E-state index is 12.1. The zero-order valence-electron chi connectivity index (χ0n) is 11.2. The highest BCUT2D eigenvalue weighted by Gasteiger charge is 2.34. The second kappa shape index (κ2) is 5.61. The van der Waals surface area contributed by atoms with Crippen LogP contribution in [0.3, 0.4) is 0 Å². The van der Waals surface area contributed by atoms with Gasteiger partial charge in [0, 0.05) is 29.5 Å². The summed E-state index contributed by atoms with van der Waals surface area (Å²) >= 11 is 1.77. The third-order valence-corrected chi connectivity index (χ3v) is 4.96. The molecular weight excluding hydrogens is 260 g/mol. The van der Waals surface area contributed by atoms with Crippen LogP contribution in [0.1, 0.15) is 28.8 Å². The van der Waals surface area contributed by atoms with Gasteiger partial charge in [0.2, 0.25) is 5.91 Å². The fraction of sp³-hybridized carbons (Fsp3) is 0.643. The van der Waals surface area contributed by atoms with Crippen LogP contribution in [0.5, 0.6) is 0 Å². The first-order valence-electron chi connectivity index (χ1n) is 6.91. The van der Waals surface area contributed by atoms with Crippen LogP contribution >= 0.6 is 11.3 Å². The summed E-state index contributed by atoms with van der Waals surface area (Å²) in [6.07, 6.45) is 2.22. The Hall–Kier alpha value is -0.910. The molecule has 1 aromatic rings. The van der Waals surface area contributed by atoms with E-state index in [4.69, 9.17) is 4.74 Å². The zero-order valence-corrected chi connectivity index (χ0v) is 12.0. The number of nitrogens with zero attached hydrogens (tertiary/aromatic N) is 1. The molecule has 1 aromatic heterocycles. The van der Waals surface area contributed by atoms with Crippen LogP contribution in [-0.4, -0.2) is 37.1 Å². The minimum absolute atomic E-state index is 0.0778. The average Bonchev–Trinajstić information content (AvgIpc) is 2.99. The Balaban J connectivity index is 1.71. The molecule has 0 radical (unpaired) electrons. The first-order valence-corrected chi connectivity index (χ1v) is 7.72. The number of amides is 1. The smallest absolute Gasteiger partial charge is 0.238 e. The van der Waals surface area contributed by atoms with E-state index < -0.39 is 0 Å². The number of hydrogen-bond acceptors (Lipinski definition) is 4. The third-order valence-electron chi connectivity index (χ3n) is 3.91. The number of thiophene rings is 1. The van der Waals surface area contributed by atoms with Crippen molar-refractivity contribution in [3.63, 3.8) is 0 Å². The van der Waals surface area contributed by atoms with Gasteiger partial charge in [-0.2, -0.15) is 0 Å². The van der Waals surface area contributed by atoms with Crippen LogP contribution in [-0.2, 0) is 9.53 Å². The van der Waals surface area contributed by atoms with Gasteiger partial charge >= 0.3 is 0 Å². The molecule has 3 rings (SSSR count). The van der Waals surface area contributed by atoms with E-state index in [0.29, 0.717) is 12.5 Å². The normalized spacial score (nSPS) is 25.2. The lowest BCUT2D eigenvalue weighted by molar-refractivity contribution is -0.129. The Bertz CT molecular complexity index is 454. The minimum atomic E-state index is 0.0778.